The van der Waals surface area contributed by atoms with Crippen molar-refractivity contribution in [2.45, 2.75) is 45.4 Å². The highest BCUT2D eigenvalue weighted by Crippen LogP contribution is 2.24. The molecule has 1 aromatic heterocycles. The Morgan fingerprint density at radius 3 is 2.61 bits per heavy atom. The lowest BCUT2D eigenvalue weighted by Crippen LogP contribution is -2.19. The number of nitrogens with two attached hydrogens (primary N) is 1. The number of nitrogens with zero attached hydrogens (tertiary/aromatic N) is 1. The first kappa shape index (κ1) is 19.7. The van der Waals surface area contributed by atoms with Gasteiger partial charge < -0.3 is 15.6 Å². The molecule has 148 valence electrons. The van der Waals surface area contributed by atoms with E-state index in [1.165, 1.54) is 5.56 Å². The van der Waals surface area contributed by atoms with E-state index >= 15 is 0 Å². The molecule has 0 saturated carbocycles. The largest absolute Gasteiger partial charge is 0.399 e. The zero-order valence-electron chi connectivity index (χ0n) is 16.7. The van der Waals surface area contributed by atoms with Gasteiger partial charge in [0.25, 0.3) is 0 Å². The van der Waals surface area contributed by atoms with Gasteiger partial charge in [-0.05, 0) is 49.0 Å². The number of anilines is 2. The standard InChI is InChI=1S/C22H28N4O2/c1-22(2,3)19-14-20(26-28-19)25-21(27)24-18-12-8-16(9-13-18)5-4-15-6-10-17(23)11-7-15/h6,8-15H,4-5,7,23H2,1-3H3,(H2,24,25,26,27). The number of amides is 2. The lowest BCUT2D eigenvalue weighted by molar-refractivity contribution is 0.262. The lowest BCUT2D eigenvalue weighted by atomic mass is 9.93. The van der Waals surface area contributed by atoms with Crippen molar-refractivity contribution in [1.29, 1.82) is 0 Å². The molecule has 1 heterocycles. The van der Waals surface area contributed by atoms with Gasteiger partial charge in [-0.15, -0.1) is 0 Å². The van der Waals surface area contributed by atoms with Gasteiger partial charge in [0, 0.05) is 22.9 Å². The van der Waals surface area contributed by atoms with Gasteiger partial charge >= 0.3 is 6.03 Å². The molecule has 2 aromatic rings. The van der Waals surface area contributed by atoms with E-state index in [1.807, 2.05) is 51.1 Å². The van der Waals surface area contributed by atoms with E-state index in [0.717, 1.165) is 36.4 Å². The van der Waals surface area contributed by atoms with Crippen LogP contribution in [0.15, 0.2) is 58.8 Å². The Bertz CT molecular complexity index is 873. The molecular formula is C22H28N4O2. The Morgan fingerprint density at radius 2 is 2.00 bits per heavy atom. The Morgan fingerprint density at radius 1 is 1.25 bits per heavy atom. The fourth-order valence-electron chi connectivity index (χ4n) is 2.97. The van der Waals surface area contributed by atoms with Crippen LogP contribution in [0.2, 0.25) is 0 Å². The molecule has 4 N–H and O–H groups in total. The summed E-state index contributed by atoms with van der Waals surface area (Å²) in [5.41, 5.74) is 8.42. The first-order chi connectivity index (χ1) is 13.3. The minimum Gasteiger partial charge on any atom is -0.399 e. The molecule has 0 radical (unpaired) electrons. The number of hydrogen-bond donors (Lipinski definition) is 3. The highest BCUT2D eigenvalue weighted by atomic mass is 16.5. The smallest absolute Gasteiger partial charge is 0.324 e. The van der Waals surface area contributed by atoms with Gasteiger partial charge in [0.05, 0.1) is 0 Å². The van der Waals surface area contributed by atoms with Crippen LogP contribution < -0.4 is 16.4 Å². The Labute approximate surface area is 165 Å². The van der Waals surface area contributed by atoms with E-state index in [1.54, 1.807) is 6.07 Å². The topological polar surface area (TPSA) is 93.2 Å². The number of aromatic nitrogens is 1. The summed E-state index contributed by atoms with van der Waals surface area (Å²) in [5, 5.41) is 9.39. The first-order valence-corrected chi connectivity index (χ1v) is 9.57. The van der Waals surface area contributed by atoms with Gasteiger partial charge in [-0.3, -0.25) is 5.32 Å². The van der Waals surface area contributed by atoms with Crippen molar-refractivity contribution in [3.8, 4) is 0 Å². The van der Waals surface area contributed by atoms with Crippen molar-refractivity contribution in [3.05, 3.63) is 65.6 Å². The zero-order chi connectivity index (χ0) is 20.1. The second kappa shape index (κ2) is 8.33. The molecule has 1 aromatic carbocycles. The maximum atomic E-state index is 12.2. The van der Waals surface area contributed by atoms with Crippen LogP contribution in [-0.4, -0.2) is 11.2 Å². The van der Waals surface area contributed by atoms with Gasteiger partial charge in [-0.25, -0.2) is 4.79 Å². The molecular weight excluding hydrogens is 352 g/mol. The van der Waals surface area contributed by atoms with Gasteiger partial charge in [0.2, 0.25) is 0 Å². The molecule has 0 bridgehead atoms. The van der Waals surface area contributed by atoms with Crippen LogP contribution in [-0.2, 0) is 11.8 Å². The van der Waals surface area contributed by atoms with Crippen molar-refractivity contribution in [1.82, 2.24) is 5.16 Å². The Balaban J connectivity index is 1.48. The van der Waals surface area contributed by atoms with Crippen molar-refractivity contribution in [2.75, 3.05) is 10.6 Å². The summed E-state index contributed by atoms with van der Waals surface area (Å²) in [6.45, 7) is 6.07. The van der Waals surface area contributed by atoms with E-state index in [9.17, 15) is 4.79 Å². The van der Waals surface area contributed by atoms with E-state index in [4.69, 9.17) is 10.3 Å². The number of carbonyl (C=O) groups is 1. The van der Waals surface area contributed by atoms with E-state index in [0.29, 0.717) is 11.7 Å². The van der Waals surface area contributed by atoms with Crippen LogP contribution in [0.5, 0.6) is 0 Å². The zero-order valence-corrected chi connectivity index (χ0v) is 16.7. The van der Waals surface area contributed by atoms with Crippen LogP contribution in [0.25, 0.3) is 0 Å². The number of allylic oxidation sites excluding steroid dienone is 3. The fraction of sp³-hybridized carbons (Fsp3) is 0.364. The minimum absolute atomic E-state index is 0.157. The van der Waals surface area contributed by atoms with Crippen LogP contribution in [0.3, 0.4) is 0 Å². The number of rotatable bonds is 5. The van der Waals surface area contributed by atoms with E-state index in [-0.39, 0.29) is 11.4 Å². The fourth-order valence-corrected chi connectivity index (χ4v) is 2.97. The molecule has 2 amide bonds. The summed E-state index contributed by atoms with van der Waals surface area (Å²) in [5.74, 6) is 1.66. The van der Waals surface area contributed by atoms with E-state index < -0.39 is 0 Å². The number of aryl methyl sites for hydroxylation is 1. The van der Waals surface area contributed by atoms with E-state index in [2.05, 4.69) is 27.9 Å². The maximum absolute atomic E-state index is 12.2. The van der Waals surface area contributed by atoms with Crippen molar-refractivity contribution < 1.29 is 9.32 Å². The summed E-state index contributed by atoms with van der Waals surface area (Å²) in [6.07, 6.45) is 9.32. The average molecular weight is 380 g/mol. The molecule has 0 spiro atoms. The Hall–Kier alpha value is -3.02. The summed E-state index contributed by atoms with van der Waals surface area (Å²) in [7, 11) is 0. The van der Waals surface area contributed by atoms with Gasteiger partial charge in [-0.1, -0.05) is 50.2 Å². The maximum Gasteiger partial charge on any atom is 0.324 e. The molecule has 0 aliphatic heterocycles. The molecule has 1 atom stereocenters. The summed E-state index contributed by atoms with van der Waals surface area (Å²) < 4.78 is 5.27. The molecule has 1 aliphatic carbocycles. The predicted molar refractivity (Wildman–Crippen MR) is 112 cm³/mol. The molecule has 6 nitrogen and oxygen atoms in total. The third-order valence-corrected chi connectivity index (χ3v) is 4.72. The normalized spacial score (nSPS) is 16.5. The van der Waals surface area contributed by atoms with Gasteiger partial charge in [0.1, 0.15) is 5.76 Å². The highest BCUT2D eigenvalue weighted by molar-refractivity contribution is 5.99. The highest BCUT2D eigenvalue weighted by Gasteiger charge is 2.20. The number of benzene rings is 1. The summed E-state index contributed by atoms with van der Waals surface area (Å²) in [4.78, 5) is 12.2. The van der Waals surface area contributed by atoms with Crippen LogP contribution in [0.4, 0.5) is 16.3 Å². The lowest BCUT2D eigenvalue weighted by Gasteiger charge is -2.14. The first-order valence-electron chi connectivity index (χ1n) is 9.57. The van der Waals surface area contributed by atoms with Crippen molar-refractivity contribution >= 4 is 17.5 Å². The van der Waals surface area contributed by atoms with Crippen LogP contribution in [0.1, 0.15) is 44.9 Å². The second-order valence-corrected chi connectivity index (χ2v) is 8.20. The van der Waals surface area contributed by atoms with Crippen LogP contribution >= 0.6 is 0 Å². The molecule has 0 saturated heterocycles. The summed E-state index contributed by atoms with van der Waals surface area (Å²) in [6, 6.07) is 9.30. The molecule has 28 heavy (non-hydrogen) atoms. The monoisotopic (exact) mass is 380 g/mol. The van der Waals surface area contributed by atoms with Gasteiger partial charge in [0.15, 0.2) is 5.82 Å². The molecule has 3 rings (SSSR count). The quantitative estimate of drug-likeness (QED) is 0.683. The SMILES string of the molecule is CC(C)(C)c1cc(NC(=O)Nc2ccc(CCC3C=CC(N)=CC3)cc2)no1. The number of urea groups is 1. The molecule has 1 unspecified atom stereocenters. The molecule has 6 heteroatoms. The average Bonchev–Trinajstić information content (AvgIpc) is 3.11. The third-order valence-electron chi connectivity index (χ3n) is 4.72. The van der Waals surface area contributed by atoms with Crippen LogP contribution in [0, 0.1) is 5.92 Å². The predicted octanol–water partition coefficient (Wildman–Crippen LogP) is 4.97. The number of hydrogen-bond acceptors (Lipinski definition) is 4. The minimum atomic E-state index is -0.349. The number of carbonyl (C=O) groups excluding carboxylic acids is 1. The molecule has 0 fully saturated rings. The molecule has 1 aliphatic rings. The number of nitrogens with one attached hydrogen (secondary N) is 2. The van der Waals surface area contributed by atoms with Gasteiger partial charge in [-0.2, -0.15) is 0 Å². The summed E-state index contributed by atoms with van der Waals surface area (Å²) >= 11 is 0. The van der Waals surface area contributed by atoms with Crippen molar-refractivity contribution in [2.24, 2.45) is 11.7 Å². The second-order valence-electron chi connectivity index (χ2n) is 8.20. The Kier molecular flexibility index (Phi) is 5.87. The van der Waals surface area contributed by atoms with Crippen molar-refractivity contribution in [3.63, 3.8) is 0 Å². The third kappa shape index (κ3) is 5.49.